The third-order valence-corrected chi connectivity index (χ3v) is 6.37. The van der Waals surface area contributed by atoms with Crippen molar-refractivity contribution in [2.75, 3.05) is 4.90 Å². The smallest absolute Gasteiger partial charge is 0.338 e. The molecule has 2 atom stereocenters. The van der Waals surface area contributed by atoms with Gasteiger partial charge in [0.25, 0.3) is 0 Å². The quantitative estimate of drug-likeness (QED) is 0.516. The predicted octanol–water partition coefficient (Wildman–Crippen LogP) is 5.02. The van der Waals surface area contributed by atoms with Crippen molar-refractivity contribution >= 4 is 23.5 Å². The van der Waals surface area contributed by atoms with Crippen molar-refractivity contribution in [1.29, 1.82) is 0 Å². The Morgan fingerprint density at radius 2 is 1.58 bits per heavy atom. The first-order valence-corrected chi connectivity index (χ1v) is 11.0. The van der Waals surface area contributed by atoms with Crippen molar-refractivity contribution in [1.82, 2.24) is 0 Å². The Morgan fingerprint density at radius 3 is 2.16 bits per heavy atom. The molecule has 4 rings (SSSR count). The van der Waals surface area contributed by atoms with E-state index in [-0.39, 0.29) is 35.7 Å². The first-order valence-electron chi connectivity index (χ1n) is 11.0. The number of hydrogen-bond donors (Lipinski definition) is 0. The number of benzene rings is 2. The van der Waals surface area contributed by atoms with Gasteiger partial charge in [0, 0.05) is 0 Å². The van der Waals surface area contributed by atoms with Crippen LogP contribution in [0.4, 0.5) is 5.69 Å². The van der Waals surface area contributed by atoms with Crippen molar-refractivity contribution in [3.05, 3.63) is 65.2 Å². The molecular formula is C26H29NO4. The standard InChI is InChI=1S/C26H29NO4/c1-26(2,3)19-13-11-17(12-14-19)16-31-25(30)18-7-6-8-20(15-18)27-23(28)21-9-4-5-10-22(21)24(27)29/h6-8,11-15,21-22H,4-5,9-10,16H2,1-3H3/t21-,22+. The van der Waals surface area contributed by atoms with E-state index in [0.717, 1.165) is 31.2 Å². The molecule has 2 fully saturated rings. The van der Waals surface area contributed by atoms with Crippen LogP contribution in [0, 0.1) is 11.8 Å². The van der Waals surface area contributed by atoms with Crippen LogP contribution in [0.1, 0.15) is 67.9 Å². The Morgan fingerprint density at radius 1 is 0.968 bits per heavy atom. The third kappa shape index (κ3) is 4.27. The summed E-state index contributed by atoms with van der Waals surface area (Å²) in [4.78, 5) is 39.5. The molecule has 2 aliphatic rings. The number of carbonyl (C=O) groups is 3. The van der Waals surface area contributed by atoms with Crippen molar-refractivity contribution < 1.29 is 19.1 Å². The first-order chi connectivity index (χ1) is 14.8. The number of amides is 2. The van der Waals surface area contributed by atoms with Gasteiger partial charge in [0.2, 0.25) is 11.8 Å². The van der Waals surface area contributed by atoms with E-state index < -0.39 is 5.97 Å². The van der Waals surface area contributed by atoms with Gasteiger partial charge < -0.3 is 4.74 Å². The number of esters is 1. The average molecular weight is 420 g/mol. The predicted molar refractivity (Wildman–Crippen MR) is 119 cm³/mol. The van der Waals surface area contributed by atoms with Crippen LogP contribution >= 0.6 is 0 Å². The van der Waals surface area contributed by atoms with Crippen LogP contribution in [0.25, 0.3) is 0 Å². The van der Waals surface area contributed by atoms with Gasteiger partial charge in [-0.25, -0.2) is 4.79 Å². The van der Waals surface area contributed by atoms with Crippen LogP contribution in [0.15, 0.2) is 48.5 Å². The highest BCUT2D eigenvalue weighted by molar-refractivity contribution is 6.22. The molecule has 0 N–H and O–H groups in total. The highest BCUT2D eigenvalue weighted by Gasteiger charge is 2.48. The second kappa shape index (κ2) is 8.29. The molecule has 1 saturated carbocycles. The van der Waals surface area contributed by atoms with Crippen molar-refractivity contribution in [2.24, 2.45) is 11.8 Å². The summed E-state index contributed by atoms with van der Waals surface area (Å²) in [5.74, 6) is -1.18. The summed E-state index contributed by atoms with van der Waals surface area (Å²) in [5.41, 5.74) is 2.98. The lowest BCUT2D eigenvalue weighted by Gasteiger charge is -2.19. The van der Waals surface area contributed by atoms with Crippen molar-refractivity contribution in [3.8, 4) is 0 Å². The Labute approximate surface area is 183 Å². The van der Waals surface area contributed by atoms with E-state index in [1.807, 2.05) is 24.3 Å². The molecule has 5 nitrogen and oxygen atoms in total. The molecule has 5 heteroatoms. The second-order valence-electron chi connectivity index (χ2n) is 9.58. The van der Waals surface area contributed by atoms with Gasteiger partial charge in [0.1, 0.15) is 6.61 Å². The minimum Gasteiger partial charge on any atom is -0.457 e. The van der Waals surface area contributed by atoms with Crippen LogP contribution < -0.4 is 4.90 Å². The molecule has 1 saturated heterocycles. The summed E-state index contributed by atoms with van der Waals surface area (Å²) in [6.07, 6.45) is 3.50. The van der Waals surface area contributed by atoms with Crippen molar-refractivity contribution in [2.45, 2.75) is 58.5 Å². The number of anilines is 1. The number of rotatable bonds is 4. The Balaban J connectivity index is 1.45. The lowest BCUT2D eigenvalue weighted by atomic mass is 9.81. The van der Waals surface area contributed by atoms with Gasteiger partial charge in [0.15, 0.2) is 0 Å². The van der Waals surface area contributed by atoms with Crippen LogP contribution in [0.5, 0.6) is 0 Å². The second-order valence-corrected chi connectivity index (χ2v) is 9.58. The number of ether oxygens (including phenoxy) is 1. The number of hydrogen-bond acceptors (Lipinski definition) is 4. The van der Waals surface area contributed by atoms with E-state index in [9.17, 15) is 14.4 Å². The molecule has 0 aromatic heterocycles. The minimum atomic E-state index is -0.474. The Bertz CT molecular complexity index is 979. The monoisotopic (exact) mass is 419 g/mol. The molecule has 0 spiro atoms. The Kier molecular flexibility index (Phi) is 5.69. The summed E-state index contributed by atoms with van der Waals surface area (Å²) in [6.45, 7) is 6.62. The molecule has 0 bridgehead atoms. The van der Waals surface area contributed by atoms with E-state index >= 15 is 0 Å². The topological polar surface area (TPSA) is 63.7 Å². The summed E-state index contributed by atoms with van der Waals surface area (Å²) in [6, 6.07) is 14.6. The molecule has 1 heterocycles. The molecule has 1 aliphatic carbocycles. The Hall–Kier alpha value is -2.95. The zero-order valence-corrected chi connectivity index (χ0v) is 18.4. The summed E-state index contributed by atoms with van der Waals surface area (Å²) < 4.78 is 5.48. The first kappa shape index (κ1) is 21.3. The summed E-state index contributed by atoms with van der Waals surface area (Å²) in [5, 5.41) is 0. The maximum absolute atomic E-state index is 12.8. The van der Waals surface area contributed by atoms with Gasteiger partial charge in [-0.2, -0.15) is 0 Å². The van der Waals surface area contributed by atoms with Gasteiger partial charge in [-0.15, -0.1) is 0 Å². The molecule has 2 aromatic carbocycles. The third-order valence-electron chi connectivity index (χ3n) is 6.37. The van der Waals surface area contributed by atoms with Gasteiger partial charge in [-0.3, -0.25) is 14.5 Å². The zero-order valence-electron chi connectivity index (χ0n) is 18.4. The zero-order chi connectivity index (χ0) is 22.2. The molecule has 0 radical (unpaired) electrons. The molecule has 2 amide bonds. The van der Waals surface area contributed by atoms with Crippen LogP contribution in [0.3, 0.4) is 0 Å². The molecule has 1 aliphatic heterocycles. The van der Waals surface area contributed by atoms with E-state index in [0.29, 0.717) is 11.3 Å². The fourth-order valence-corrected chi connectivity index (χ4v) is 4.52. The lowest BCUT2D eigenvalue weighted by Crippen LogP contribution is -2.31. The summed E-state index contributed by atoms with van der Waals surface area (Å²) >= 11 is 0. The normalized spacial score (nSPS) is 21.2. The van der Waals surface area contributed by atoms with E-state index in [1.54, 1.807) is 24.3 Å². The molecular weight excluding hydrogens is 390 g/mol. The van der Waals surface area contributed by atoms with Gasteiger partial charge in [-0.05, 0) is 47.6 Å². The molecule has 0 unspecified atom stereocenters. The van der Waals surface area contributed by atoms with Crippen LogP contribution in [-0.2, 0) is 26.3 Å². The average Bonchev–Trinajstić information content (AvgIpc) is 3.02. The number of fused-ring (bicyclic) bond motifs is 1. The van der Waals surface area contributed by atoms with E-state index in [1.165, 1.54) is 10.5 Å². The maximum Gasteiger partial charge on any atom is 0.338 e. The molecule has 31 heavy (non-hydrogen) atoms. The van der Waals surface area contributed by atoms with Gasteiger partial charge in [-0.1, -0.05) is 63.9 Å². The van der Waals surface area contributed by atoms with E-state index in [4.69, 9.17) is 4.74 Å². The highest BCUT2D eigenvalue weighted by Crippen LogP contribution is 2.40. The van der Waals surface area contributed by atoms with E-state index in [2.05, 4.69) is 20.8 Å². The fourth-order valence-electron chi connectivity index (χ4n) is 4.52. The van der Waals surface area contributed by atoms with Crippen LogP contribution in [0.2, 0.25) is 0 Å². The minimum absolute atomic E-state index is 0.0671. The fraction of sp³-hybridized carbons (Fsp3) is 0.423. The molecule has 162 valence electrons. The number of imide groups is 1. The SMILES string of the molecule is CC(C)(C)c1ccc(COC(=O)c2cccc(N3C(=O)[C@H]4CCCC[C@H]4C3=O)c2)cc1. The molecule has 2 aromatic rings. The van der Waals surface area contributed by atoms with Crippen molar-refractivity contribution in [3.63, 3.8) is 0 Å². The largest absolute Gasteiger partial charge is 0.457 e. The van der Waals surface area contributed by atoms with Crippen LogP contribution in [-0.4, -0.2) is 17.8 Å². The number of nitrogens with zero attached hydrogens (tertiary/aromatic N) is 1. The van der Waals surface area contributed by atoms with Gasteiger partial charge in [0.05, 0.1) is 23.1 Å². The number of carbonyl (C=O) groups excluding carboxylic acids is 3. The highest BCUT2D eigenvalue weighted by atomic mass is 16.5. The summed E-state index contributed by atoms with van der Waals surface area (Å²) in [7, 11) is 0. The van der Waals surface area contributed by atoms with Gasteiger partial charge >= 0.3 is 5.97 Å². The lowest BCUT2D eigenvalue weighted by molar-refractivity contribution is -0.122. The maximum atomic E-state index is 12.8.